The highest BCUT2D eigenvalue weighted by Gasteiger charge is 2.37. The molecule has 1 aliphatic rings. The Balaban J connectivity index is 1.84. The number of rotatable bonds is 4. The summed E-state index contributed by atoms with van der Waals surface area (Å²) in [6, 6.07) is 9.34. The number of para-hydroxylation sites is 1. The predicted octanol–water partition coefficient (Wildman–Crippen LogP) is 1.84. The van der Waals surface area contributed by atoms with Gasteiger partial charge in [-0.15, -0.1) is 0 Å². The van der Waals surface area contributed by atoms with Gasteiger partial charge in [0.1, 0.15) is 0 Å². The summed E-state index contributed by atoms with van der Waals surface area (Å²) in [7, 11) is 1.60. The van der Waals surface area contributed by atoms with Crippen molar-refractivity contribution in [2.24, 2.45) is 0 Å². The summed E-state index contributed by atoms with van der Waals surface area (Å²) in [5, 5.41) is 14.5. The minimum absolute atomic E-state index is 0.0396. The number of morpholine rings is 1. The van der Waals surface area contributed by atoms with E-state index in [4.69, 9.17) is 9.47 Å². The molecule has 0 spiro atoms. The van der Waals surface area contributed by atoms with Crippen LogP contribution >= 0.6 is 0 Å². The zero-order valence-electron chi connectivity index (χ0n) is 14.7. The molecule has 1 amide bonds. The van der Waals surface area contributed by atoms with E-state index in [2.05, 4.69) is 5.10 Å². The van der Waals surface area contributed by atoms with Crippen molar-refractivity contribution in [3.63, 3.8) is 0 Å². The van der Waals surface area contributed by atoms with Gasteiger partial charge in [-0.05, 0) is 26.0 Å². The normalized spacial score (nSPS) is 19.8. The van der Waals surface area contributed by atoms with Gasteiger partial charge in [0.05, 0.1) is 30.2 Å². The van der Waals surface area contributed by atoms with Crippen LogP contribution < -0.4 is 0 Å². The number of carbonyl (C=O) groups is 1. The first-order chi connectivity index (χ1) is 11.9. The zero-order valence-corrected chi connectivity index (χ0v) is 14.7. The zero-order chi connectivity index (χ0) is 18.0. The van der Waals surface area contributed by atoms with E-state index < -0.39 is 5.60 Å². The fourth-order valence-corrected chi connectivity index (χ4v) is 3.10. The molecule has 0 aliphatic carbocycles. The van der Waals surface area contributed by atoms with Crippen molar-refractivity contribution in [1.82, 2.24) is 14.7 Å². The van der Waals surface area contributed by atoms with Crippen LogP contribution in [0.5, 0.6) is 5.75 Å². The van der Waals surface area contributed by atoms with Crippen molar-refractivity contribution in [1.29, 1.82) is 0 Å². The van der Waals surface area contributed by atoms with Gasteiger partial charge in [0.15, 0.2) is 11.4 Å². The van der Waals surface area contributed by atoms with Gasteiger partial charge in [0.2, 0.25) is 0 Å². The number of nitrogens with zero attached hydrogens (tertiary/aromatic N) is 3. The number of hydrogen-bond donors (Lipinski definition) is 1. The van der Waals surface area contributed by atoms with Gasteiger partial charge >= 0.3 is 0 Å². The van der Waals surface area contributed by atoms with Gasteiger partial charge in [-0.3, -0.25) is 4.79 Å². The molecule has 0 unspecified atom stereocenters. The van der Waals surface area contributed by atoms with Crippen LogP contribution in [0.1, 0.15) is 24.3 Å². The number of carbonyl (C=O) groups excluding carboxylic acids is 1. The Labute approximate surface area is 146 Å². The highest BCUT2D eigenvalue weighted by Crippen LogP contribution is 2.25. The van der Waals surface area contributed by atoms with Gasteiger partial charge in [0, 0.05) is 20.2 Å². The van der Waals surface area contributed by atoms with Crippen LogP contribution in [-0.2, 0) is 9.47 Å². The van der Waals surface area contributed by atoms with E-state index in [-0.39, 0.29) is 23.5 Å². The summed E-state index contributed by atoms with van der Waals surface area (Å²) in [5.74, 6) is -0.453. The summed E-state index contributed by atoms with van der Waals surface area (Å²) >= 11 is 0. The number of amides is 1. The van der Waals surface area contributed by atoms with Crippen molar-refractivity contribution >= 4 is 5.91 Å². The maximum absolute atomic E-state index is 12.9. The molecule has 7 nitrogen and oxygen atoms in total. The average molecular weight is 345 g/mol. The first-order valence-corrected chi connectivity index (χ1v) is 8.20. The Bertz CT molecular complexity index is 742. The highest BCUT2D eigenvalue weighted by molar-refractivity contribution is 5.95. The largest absolute Gasteiger partial charge is 0.504 e. The van der Waals surface area contributed by atoms with E-state index in [0.29, 0.717) is 19.7 Å². The van der Waals surface area contributed by atoms with Gasteiger partial charge in [0.25, 0.3) is 5.91 Å². The second-order valence-electron chi connectivity index (χ2n) is 6.78. The van der Waals surface area contributed by atoms with Crippen molar-refractivity contribution in [2.75, 3.05) is 26.8 Å². The molecule has 3 rings (SSSR count). The Morgan fingerprint density at radius 3 is 2.80 bits per heavy atom. The van der Waals surface area contributed by atoms with Gasteiger partial charge in [-0.1, -0.05) is 18.2 Å². The van der Waals surface area contributed by atoms with Crippen LogP contribution in [0, 0.1) is 0 Å². The number of hydrogen-bond acceptors (Lipinski definition) is 5. The highest BCUT2D eigenvalue weighted by atomic mass is 16.5. The Kier molecular flexibility index (Phi) is 4.78. The molecule has 134 valence electrons. The SMILES string of the molecule is COC[C@H]1CN(C(=O)c2nn(-c3ccccc3)cc2O)CC(C)(C)O1. The quantitative estimate of drug-likeness (QED) is 0.915. The molecule has 1 N–H and O–H groups in total. The molecule has 1 aliphatic heterocycles. The molecule has 2 heterocycles. The summed E-state index contributed by atoms with van der Waals surface area (Å²) in [6.07, 6.45) is 1.23. The summed E-state index contributed by atoms with van der Waals surface area (Å²) in [5.41, 5.74) is 0.323. The lowest BCUT2D eigenvalue weighted by Crippen LogP contribution is -2.55. The topological polar surface area (TPSA) is 76.8 Å². The Morgan fingerprint density at radius 2 is 2.12 bits per heavy atom. The maximum atomic E-state index is 12.9. The fraction of sp³-hybridized carbons (Fsp3) is 0.444. The average Bonchev–Trinajstić information content (AvgIpc) is 2.95. The number of benzene rings is 1. The molecule has 1 atom stereocenters. The maximum Gasteiger partial charge on any atom is 0.278 e. The molecule has 0 bridgehead atoms. The first kappa shape index (κ1) is 17.4. The Morgan fingerprint density at radius 1 is 1.40 bits per heavy atom. The summed E-state index contributed by atoms with van der Waals surface area (Å²) < 4.78 is 12.6. The lowest BCUT2D eigenvalue weighted by atomic mass is 10.0. The smallest absolute Gasteiger partial charge is 0.278 e. The fourth-order valence-electron chi connectivity index (χ4n) is 3.10. The molecule has 7 heteroatoms. The van der Waals surface area contributed by atoms with E-state index in [1.807, 2.05) is 44.2 Å². The third kappa shape index (κ3) is 3.83. The third-order valence-corrected chi connectivity index (χ3v) is 4.04. The van der Waals surface area contributed by atoms with Crippen LogP contribution in [-0.4, -0.2) is 64.2 Å². The molecule has 0 radical (unpaired) electrons. The molecule has 25 heavy (non-hydrogen) atoms. The Hall–Kier alpha value is -2.38. The van der Waals surface area contributed by atoms with Crippen molar-refractivity contribution in [2.45, 2.75) is 25.6 Å². The second kappa shape index (κ2) is 6.85. The van der Waals surface area contributed by atoms with Gasteiger partial charge in [-0.25, -0.2) is 4.68 Å². The lowest BCUT2D eigenvalue weighted by molar-refractivity contribution is -0.143. The standard InChI is InChI=1S/C18H23N3O4/c1-18(2)12-20(9-14(25-18)11-24-3)17(23)16-15(22)10-21(19-16)13-7-5-4-6-8-13/h4-8,10,14,22H,9,11-12H2,1-3H3/t14-/m1/s1. The van der Waals surface area contributed by atoms with Crippen molar-refractivity contribution in [3.05, 3.63) is 42.2 Å². The summed E-state index contributed by atoms with van der Waals surface area (Å²) in [4.78, 5) is 14.6. The van der Waals surface area contributed by atoms with E-state index in [1.54, 1.807) is 12.0 Å². The number of aromatic hydroxyl groups is 1. The minimum Gasteiger partial charge on any atom is -0.504 e. The molecule has 1 aromatic heterocycles. The van der Waals surface area contributed by atoms with Crippen LogP contribution in [0.3, 0.4) is 0 Å². The van der Waals surface area contributed by atoms with Crippen LogP contribution in [0.25, 0.3) is 5.69 Å². The van der Waals surface area contributed by atoms with Gasteiger partial charge in [-0.2, -0.15) is 5.10 Å². The van der Waals surface area contributed by atoms with E-state index in [0.717, 1.165) is 5.69 Å². The molecule has 0 saturated carbocycles. The first-order valence-electron chi connectivity index (χ1n) is 8.20. The monoisotopic (exact) mass is 345 g/mol. The number of methoxy groups -OCH3 is 1. The van der Waals surface area contributed by atoms with E-state index >= 15 is 0 Å². The number of aromatic nitrogens is 2. The lowest BCUT2D eigenvalue weighted by Gasteiger charge is -2.42. The molecular weight excluding hydrogens is 322 g/mol. The second-order valence-corrected chi connectivity index (χ2v) is 6.78. The van der Waals surface area contributed by atoms with Crippen molar-refractivity contribution in [3.8, 4) is 11.4 Å². The predicted molar refractivity (Wildman–Crippen MR) is 92.0 cm³/mol. The molecule has 1 fully saturated rings. The van der Waals surface area contributed by atoms with Crippen LogP contribution in [0.2, 0.25) is 0 Å². The summed E-state index contributed by atoms with van der Waals surface area (Å²) in [6.45, 7) is 5.07. The molecule has 1 aromatic carbocycles. The minimum atomic E-state index is -0.491. The van der Waals surface area contributed by atoms with Crippen LogP contribution in [0.15, 0.2) is 36.5 Å². The third-order valence-electron chi connectivity index (χ3n) is 4.04. The molecule has 2 aromatic rings. The van der Waals surface area contributed by atoms with Crippen LogP contribution in [0.4, 0.5) is 0 Å². The van der Waals surface area contributed by atoms with Gasteiger partial charge < -0.3 is 19.5 Å². The molecular formula is C18H23N3O4. The van der Waals surface area contributed by atoms with E-state index in [9.17, 15) is 9.90 Å². The number of ether oxygens (including phenoxy) is 2. The molecule has 1 saturated heterocycles. The van der Waals surface area contributed by atoms with E-state index in [1.165, 1.54) is 10.9 Å². The van der Waals surface area contributed by atoms with Crippen molar-refractivity contribution < 1.29 is 19.4 Å².